The fourth-order valence-corrected chi connectivity index (χ4v) is 5.73. The average molecular weight is 409 g/mol. The van der Waals surface area contributed by atoms with Gasteiger partial charge in [0.15, 0.2) is 0 Å². The van der Waals surface area contributed by atoms with E-state index in [0.717, 1.165) is 16.2 Å². The van der Waals surface area contributed by atoms with Crippen LogP contribution in [-0.2, 0) is 11.1 Å². The van der Waals surface area contributed by atoms with Gasteiger partial charge in [0.25, 0.3) is 0 Å². The molecule has 0 saturated carbocycles. The molecule has 0 aliphatic rings. The topological polar surface area (TPSA) is 17.3 Å². The van der Waals surface area contributed by atoms with E-state index < -0.39 is 0 Å². The molecular weight excluding hydrogens is 391 g/mol. The third-order valence-electron chi connectivity index (χ3n) is 3.91. The van der Waals surface area contributed by atoms with Gasteiger partial charge in [-0.15, -0.1) is 0 Å². The van der Waals surface area contributed by atoms with Crippen molar-refractivity contribution in [3.8, 4) is 0 Å². The van der Waals surface area contributed by atoms with E-state index in [9.17, 15) is 0 Å². The van der Waals surface area contributed by atoms with Crippen LogP contribution >= 0.6 is 11.8 Å². The fourth-order valence-electron chi connectivity index (χ4n) is 2.64. The van der Waals surface area contributed by atoms with Gasteiger partial charge in [-0.1, -0.05) is 0 Å². The minimum atomic E-state index is 0.333. The third kappa shape index (κ3) is 3.98. The van der Waals surface area contributed by atoms with Gasteiger partial charge in [0.05, 0.1) is 0 Å². The summed E-state index contributed by atoms with van der Waals surface area (Å²) in [6, 6.07) is 27.6. The molecule has 4 rings (SSSR count). The number of pyridine rings is 1. The Bertz CT molecular complexity index is 874. The Kier molecular flexibility index (Phi) is 5.22. The van der Waals surface area contributed by atoms with Gasteiger partial charge in [-0.25, -0.2) is 0 Å². The summed E-state index contributed by atoms with van der Waals surface area (Å²) in [5.74, 6) is 0.944. The van der Waals surface area contributed by atoms with Gasteiger partial charge in [-0.2, -0.15) is 0 Å². The van der Waals surface area contributed by atoms with Gasteiger partial charge < -0.3 is 0 Å². The van der Waals surface area contributed by atoms with E-state index in [-0.39, 0.29) is 0 Å². The van der Waals surface area contributed by atoms with Gasteiger partial charge in [0, 0.05) is 0 Å². The normalized spacial score (nSPS) is 11.0. The first kappa shape index (κ1) is 16.5. The fraction of sp³-hybridized carbons (Fsp3) is 0.0952. The van der Waals surface area contributed by atoms with E-state index in [1.54, 1.807) is 0 Å². The van der Waals surface area contributed by atoms with Crippen molar-refractivity contribution >= 4 is 36.8 Å². The molecule has 4 aromatic rings. The zero-order valence-corrected chi connectivity index (χ0v) is 16.2. The monoisotopic (exact) mass is 410 g/mol. The van der Waals surface area contributed by atoms with Crippen molar-refractivity contribution in [1.29, 1.82) is 0 Å². The van der Waals surface area contributed by atoms with Crippen molar-refractivity contribution < 1.29 is 0 Å². The van der Waals surface area contributed by atoms with E-state index in [2.05, 4.69) is 89.5 Å². The van der Waals surface area contributed by atoms with Crippen LogP contribution in [-0.4, -0.2) is 24.3 Å². The molecule has 2 heterocycles. The van der Waals surface area contributed by atoms with Crippen LogP contribution in [0.2, 0.25) is 0 Å². The van der Waals surface area contributed by atoms with Crippen LogP contribution in [0.5, 0.6) is 0 Å². The second-order valence-electron chi connectivity index (χ2n) is 5.70. The van der Waals surface area contributed by atoms with Crippen LogP contribution in [0.3, 0.4) is 0 Å². The minimum absolute atomic E-state index is 0.333. The summed E-state index contributed by atoms with van der Waals surface area (Å²) < 4.78 is 3.47. The molecule has 0 bridgehead atoms. The van der Waals surface area contributed by atoms with Crippen LogP contribution in [0.15, 0.2) is 90.2 Å². The molecule has 4 heteroatoms. The van der Waals surface area contributed by atoms with Gasteiger partial charge in [0.2, 0.25) is 0 Å². The molecule has 0 saturated heterocycles. The average Bonchev–Trinajstić information content (AvgIpc) is 3.04. The molecule has 0 radical (unpaired) electrons. The van der Waals surface area contributed by atoms with Crippen molar-refractivity contribution in [2.45, 2.75) is 16.2 Å². The second kappa shape index (κ2) is 7.92. The van der Waals surface area contributed by atoms with Crippen molar-refractivity contribution in [3.63, 3.8) is 0 Å². The molecular formula is C21H18N2SSe. The molecule has 0 N–H and O–H groups in total. The zero-order chi connectivity index (χ0) is 16.9. The summed E-state index contributed by atoms with van der Waals surface area (Å²) in [5, 5.41) is 2.17. The van der Waals surface area contributed by atoms with E-state index in [0.29, 0.717) is 15.0 Å². The van der Waals surface area contributed by atoms with E-state index in [1.165, 1.54) is 21.2 Å². The van der Waals surface area contributed by atoms with Gasteiger partial charge >= 0.3 is 159 Å². The summed E-state index contributed by atoms with van der Waals surface area (Å²) in [7, 11) is 0. The number of thioether (sulfide) groups is 1. The molecule has 0 spiro atoms. The summed E-state index contributed by atoms with van der Waals surface area (Å²) >= 11 is 2.14. The first-order valence-electron chi connectivity index (χ1n) is 8.21. The van der Waals surface area contributed by atoms with E-state index >= 15 is 0 Å². The van der Waals surface area contributed by atoms with Gasteiger partial charge in [-0.05, 0) is 0 Å². The number of benzene rings is 2. The molecule has 0 unspecified atom stereocenters. The maximum absolute atomic E-state index is 4.97. The molecule has 25 heavy (non-hydrogen) atoms. The summed E-state index contributed by atoms with van der Waals surface area (Å²) in [4.78, 5) is 4.97. The Morgan fingerprint density at radius 3 is 2.24 bits per heavy atom. The molecule has 124 valence electrons. The van der Waals surface area contributed by atoms with E-state index in [4.69, 9.17) is 4.98 Å². The standard InChI is InChI=1S/C21H18N2SSe/c1-3-9-17(10-4-1)15-24-21-22-20(19-13-7-8-14-23(19)21)25-16-18-11-5-2-6-12-18/h1-14H,15-16H2. The maximum atomic E-state index is 4.97. The number of imidazole rings is 1. The predicted molar refractivity (Wildman–Crippen MR) is 107 cm³/mol. The number of fused-ring (bicyclic) bond motifs is 1. The van der Waals surface area contributed by atoms with Crippen LogP contribution in [0, 0.1) is 0 Å². The number of aromatic nitrogens is 2. The molecule has 0 fully saturated rings. The third-order valence-corrected chi connectivity index (χ3v) is 7.14. The van der Waals surface area contributed by atoms with Crippen molar-refractivity contribution in [3.05, 3.63) is 96.2 Å². The first-order valence-corrected chi connectivity index (χ1v) is 11.3. The van der Waals surface area contributed by atoms with Crippen molar-refractivity contribution in [2.75, 3.05) is 0 Å². The van der Waals surface area contributed by atoms with Crippen LogP contribution in [0.1, 0.15) is 11.1 Å². The Morgan fingerprint density at radius 2 is 1.48 bits per heavy atom. The van der Waals surface area contributed by atoms with Gasteiger partial charge in [0.1, 0.15) is 0 Å². The number of hydrogen-bond donors (Lipinski definition) is 0. The summed E-state index contributed by atoms with van der Waals surface area (Å²) in [6.45, 7) is 0. The van der Waals surface area contributed by atoms with E-state index in [1.807, 2.05) is 11.8 Å². The molecule has 0 amide bonds. The SMILES string of the molecule is c1ccc(CSc2nc([Se]Cc3ccccc3)c3ccccn23)cc1. The van der Waals surface area contributed by atoms with Crippen LogP contribution in [0.25, 0.3) is 5.52 Å². The van der Waals surface area contributed by atoms with Crippen molar-refractivity contribution in [2.24, 2.45) is 0 Å². The van der Waals surface area contributed by atoms with Crippen LogP contribution < -0.4 is 4.59 Å². The molecule has 0 atom stereocenters. The van der Waals surface area contributed by atoms with Crippen LogP contribution in [0.4, 0.5) is 0 Å². The molecule has 2 nitrogen and oxygen atoms in total. The van der Waals surface area contributed by atoms with Crippen molar-refractivity contribution in [1.82, 2.24) is 9.38 Å². The predicted octanol–water partition coefficient (Wildman–Crippen LogP) is 4.16. The second-order valence-corrected chi connectivity index (χ2v) is 8.67. The zero-order valence-electron chi connectivity index (χ0n) is 13.7. The Morgan fingerprint density at radius 1 is 0.800 bits per heavy atom. The van der Waals surface area contributed by atoms with Gasteiger partial charge in [-0.3, -0.25) is 0 Å². The summed E-state index contributed by atoms with van der Waals surface area (Å²) in [6.07, 6.45) is 2.12. The first-order chi connectivity index (χ1) is 12.4. The summed E-state index contributed by atoms with van der Waals surface area (Å²) in [5.41, 5.74) is 3.96. The quantitative estimate of drug-likeness (QED) is 0.352. The molecule has 2 aromatic heterocycles. The number of nitrogens with zero attached hydrogens (tertiary/aromatic N) is 2. The Labute approximate surface area is 158 Å². The number of hydrogen-bond acceptors (Lipinski definition) is 2. The molecule has 0 aliphatic heterocycles. The number of rotatable bonds is 6. The molecule has 0 aliphatic carbocycles. The molecule has 2 aromatic carbocycles. The Balaban J connectivity index is 1.55. The Hall–Kier alpha value is -2.00.